The number of benzene rings is 2. The smallest absolute Gasteiger partial charge is 0.121 e. The van der Waals surface area contributed by atoms with Crippen LogP contribution in [0.3, 0.4) is 0 Å². The molecule has 0 aliphatic carbocycles. The highest BCUT2D eigenvalue weighted by molar-refractivity contribution is 5.87. The van der Waals surface area contributed by atoms with Crippen LogP contribution < -0.4 is 5.32 Å². The lowest BCUT2D eigenvalue weighted by Crippen LogP contribution is -2.11. The molecule has 24 heavy (non-hydrogen) atoms. The van der Waals surface area contributed by atoms with Gasteiger partial charge in [-0.1, -0.05) is 47.7 Å². The molecule has 0 atom stereocenters. The van der Waals surface area contributed by atoms with Gasteiger partial charge in [0.05, 0.1) is 18.8 Å². The van der Waals surface area contributed by atoms with Crippen LogP contribution in [-0.4, -0.2) is 28.2 Å². The van der Waals surface area contributed by atoms with Crippen LogP contribution in [0.4, 0.5) is 5.69 Å². The average Bonchev–Trinajstić information content (AvgIpc) is 3.02. The maximum absolute atomic E-state index is 5.51. The van der Waals surface area contributed by atoms with Crippen molar-refractivity contribution in [2.24, 2.45) is 0 Å². The van der Waals surface area contributed by atoms with Crippen LogP contribution in [0.2, 0.25) is 0 Å². The lowest BCUT2D eigenvalue weighted by atomic mass is 9.97. The molecule has 3 aromatic rings. The summed E-state index contributed by atoms with van der Waals surface area (Å²) < 4.78 is 7.46. The van der Waals surface area contributed by atoms with E-state index in [1.165, 1.54) is 5.56 Å². The third kappa shape index (κ3) is 2.57. The van der Waals surface area contributed by atoms with Gasteiger partial charge in [0.2, 0.25) is 0 Å². The molecule has 4 rings (SSSR count). The normalized spacial score (nSPS) is 12.4. The number of rotatable bonds is 4. The van der Waals surface area contributed by atoms with Gasteiger partial charge in [-0.2, -0.15) is 0 Å². The lowest BCUT2D eigenvalue weighted by molar-refractivity contribution is 0.136. The Bertz CT molecular complexity index is 856. The van der Waals surface area contributed by atoms with Crippen LogP contribution >= 0.6 is 0 Å². The molecular formula is C19H20N4O. The number of anilines is 1. The highest BCUT2D eigenvalue weighted by Gasteiger charge is 2.22. The molecule has 1 N–H and O–H groups in total. The maximum Gasteiger partial charge on any atom is 0.121 e. The molecule has 0 unspecified atom stereocenters. The summed E-state index contributed by atoms with van der Waals surface area (Å²) in [5, 5.41) is 12.5. The van der Waals surface area contributed by atoms with E-state index in [1.54, 1.807) is 0 Å². The second-order valence-electron chi connectivity index (χ2n) is 5.76. The lowest BCUT2D eigenvalue weighted by Gasteiger charge is -2.19. The molecule has 5 heteroatoms. The Labute approximate surface area is 141 Å². The fourth-order valence-electron chi connectivity index (χ4n) is 3.15. The number of para-hydroxylation sites is 1. The summed E-state index contributed by atoms with van der Waals surface area (Å²) in [5.41, 5.74) is 6.58. The molecule has 0 saturated carbocycles. The van der Waals surface area contributed by atoms with Crippen LogP contribution in [0.15, 0.2) is 48.5 Å². The van der Waals surface area contributed by atoms with Gasteiger partial charge in [0, 0.05) is 30.0 Å². The molecule has 2 aromatic carbocycles. The van der Waals surface area contributed by atoms with Crippen molar-refractivity contribution < 1.29 is 4.74 Å². The van der Waals surface area contributed by atoms with E-state index in [4.69, 9.17) is 4.74 Å². The van der Waals surface area contributed by atoms with Crippen LogP contribution in [0.5, 0.6) is 0 Å². The van der Waals surface area contributed by atoms with Crippen molar-refractivity contribution in [3.8, 4) is 22.5 Å². The Balaban J connectivity index is 1.89. The van der Waals surface area contributed by atoms with Crippen molar-refractivity contribution in [2.45, 2.75) is 20.0 Å². The largest absolute Gasteiger partial charge is 0.380 e. The summed E-state index contributed by atoms with van der Waals surface area (Å²) in [6.07, 6.45) is 0. The van der Waals surface area contributed by atoms with Crippen LogP contribution in [-0.2, 0) is 17.8 Å². The van der Waals surface area contributed by atoms with E-state index in [9.17, 15) is 0 Å². The number of nitrogens with zero attached hydrogens (tertiary/aromatic N) is 3. The van der Waals surface area contributed by atoms with Crippen molar-refractivity contribution in [1.29, 1.82) is 0 Å². The fraction of sp³-hybridized carbons (Fsp3) is 0.263. The number of fused-ring (bicyclic) bond motifs is 5. The average molecular weight is 320 g/mol. The van der Waals surface area contributed by atoms with Gasteiger partial charge in [-0.05, 0) is 18.6 Å². The maximum atomic E-state index is 5.51. The van der Waals surface area contributed by atoms with E-state index in [-0.39, 0.29) is 0 Å². The van der Waals surface area contributed by atoms with Crippen molar-refractivity contribution >= 4 is 5.69 Å². The molecule has 1 aliphatic heterocycles. The molecular weight excluding hydrogens is 300 g/mol. The molecule has 5 nitrogen and oxygen atoms in total. The van der Waals surface area contributed by atoms with E-state index in [0.717, 1.165) is 34.7 Å². The van der Waals surface area contributed by atoms with Crippen molar-refractivity contribution in [2.75, 3.05) is 18.5 Å². The Morgan fingerprint density at radius 1 is 1.08 bits per heavy atom. The van der Waals surface area contributed by atoms with Crippen LogP contribution in [0.1, 0.15) is 12.5 Å². The molecule has 122 valence electrons. The van der Waals surface area contributed by atoms with Crippen LogP contribution in [0, 0.1) is 0 Å². The van der Waals surface area contributed by atoms with Crippen molar-refractivity contribution in [3.05, 3.63) is 54.1 Å². The molecule has 0 fully saturated rings. The predicted molar refractivity (Wildman–Crippen MR) is 94.7 cm³/mol. The quantitative estimate of drug-likeness (QED) is 0.747. The van der Waals surface area contributed by atoms with E-state index in [0.29, 0.717) is 19.8 Å². The zero-order valence-electron chi connectivity index (χ0n) is 13.7. The SMILES string of the molecule is CCOCCn1nnc2c1-c1ccccc1NCc1ccccc1-2. The molecule has 1 aromatic heterocycles. The van der Waals surface area contributed by atoms with E-state index in [1.807, 2.05) is 17.7 Å². The summed E-state index contributed by atoms with van der Waals surface area (Å²) in [7, 11) is 0. The third-order valence-corrected chi connectivity index (χ3v) is 4.31. The van der Waals surface area contributed by atoms with Gasteiger partial charge in [0.15, 0.2) is 0 Å². The highest BCUT2D eigenvalue weighted by Crippen LogP contribution is 2.38. The van der Waals surface area contributed by atoms with E-state index >= 15 is 0 Å². The summed E-state index contributed by atoms with van der Waals surface area (Å²) >= 11 is 0. The molecule has 1 aliphatic rings. The molecule has 2 heterocycles. The second kappa shape index (κ2) is 6.45. The summed E-state index contributed by atoms with van der Waals surface area (Å²) in [6, 6.07) is 16.7. The summed E-state index contributed by atoms with van der Waals surface area (Å²) in [5.74, 6) is 0. The molecule has 0 spiro atoms. The van der Waals surface area contributed by atoms with Crippen LogP contribution in [0.25, 0.3) is 22.5 Å². The summed E-state index contributed by atoms with van der Waals surface area (Å²) in [6.45, 7) is 4.80. The van der Waals surface area contributed by atoms with Gasteiger partial charge in [-0.25, -0.2) is 4.68 Å². The first-order chi connectivity index (χ1) is 11.9. The highest BCUT2D eigenvalue weighted by atomic mass is 16.5. The minimum atomic E-state index is 0.629. The van der Waals surface area contributed by atoms with Gasteiger partial charge in [0.25, 0.3) is 0 Å². The molecule has 0 saturated heterocycles. The Kier molecular flexibility index (Phi) is 4.01. The van der Waals surface area contributed by atoms with E-state index in [2.05, 4.69) is 58.1 Å². The van der Waals surface area contributed by atoms with Gasteiger partial charge in [-0.3, -0.25) is 0 Å². The zero-order chi connectivity index (χ0) is 16.4. The van der Waals surface area contributed by atoms with Gasteiger partial charge >= 0.3 is 0 Å². The molecule has 0 amide bonds. The third-order valence-electron chi connectivity index (χ3n) is 4.31. The Morgan fingerprint density at radius 2 is 1.88 bits per heavy atom. The minimum Gasteiger partial charge on any atom is -0.380 e. The van der Waals surface area contributed by atoms with Gasteiger partial charge in [0.1, 0.15) is 5.69 Å². The number of hydrogen-bond acceptors (Lipinski definition) is 4. The standard InChI is InChI=1S/C19H20N4O/c1-2-24-12-11-23-19-16-9-5-6-10-17(16)20-13-14-7-3-4-8-15(14)18(19)21-22-23/h3-10,20H,2,11-13H2,1H3. The van der Waals surface area contributed by atoms with E-state index < -0.39 is 0 Å². The van der Waals surface area contributed by atoms with Crippen molar-refractivity contribution in [3.63, 3.8) is 0 Å². The number of nitrogens with one attached hydrogen (secondary N) is 1. The minimum absolute atomic E-state index is 0.629. The number of hydrogen-bond donors (Lipinski definition) is 1. The number of ether oxygens (including phenoxy) is 1. The predicted octanol–water partition coefficient (Wildman–Crippen LogP) is 3.57. The van der Waals surface area contributed by atoms with Gasteiger partial charge < -0.3 is 10.1 Å². The molecule has 0 bridgehead atoms. The molecule has 0 radical (unpaired) electrons. The van der Waals surface area contributed by atoms with Crippen molar-refractivity contribution in [1.82, 2.24) is 15.0 Å². The first-order valence-corrected chi connectivity index (χ1v) is 8.31. The number of aromatic nitrogens is 3. The Morgan fingerprint density at radius 3 is 2.75 bits per heavy atom. The zero-order valence-corrected chi connectivity index (χ0v) is 13.7. The van der Waals surface area contributed by atoms with Gasteiger partial charge in [-0.15, -0.1) is 5.10 Å². The first-order valence-electron chi connectivity index (χ1n) is 8.31. The monoisotopic (exact) mass is 320 g/mol. The first kappa shape index (κ1) is 14.9. The Hall–Kier alpha value is -2.66. The topological polar surface area (TPSA) is 52.0 Å². The fourth-order valence-corrected chi connectivity index (χ4v) is 3.15. The summed E-state index contributed by atoms with van der Waals surface area (Å²) in [4.78, 5) is 0. The second-order valence-corrected chi connectivity index (χ2v) is 5.76.